The van der Waals surface area contributed by atoms with E-state index in [2.05, 4.69) is 0 Å². The number of furan rings is 1. The normalized spacial score (nSPS) is 11.2. The third-order valence-electron chi connectivity index (χ3n) is 2.93. The van der Waals surface area contributed by atoms with Gasteiger partial charge >= 0.3 is 5.97 Å². The van der Waals surface area contributed by atoms with Gasteiger partial charge in [-0.3, -0.25) is 0 Å². The van der Waals surface area contributed by atoms with E-state index in [1.54, 1.807) is 7.11 Å². The first kappa shape index (κ1) is 12.5. The molecule has 0 atom stereocenters. The SMILES string of the molecule is COc1cc(C)cc2c(C(C)C)c(C(=O)O)oc12. The minimum absolute atomic E-state index is 0.00361. The average Bonchev–Trinajstić information content (AvgIpc) is 2.66. The zero-order chi connectivity index (χ0) is 13.4. The molecule has 0 bridgehead atoms. The summed E-state index contributed by atoms with van der Waals surface area (Å²) in [4.78, 5) is 11.2. The van der Waals surface area contributed by atoms with Crippen molar-refractivity contribution in [1.29, 1.82) is 0 Å². The molecule has 0 amide bonds. The number of carbonyl (C=O) groups is 1. The molecule has 1 N–H and O–H groups in total. The fourth-order valence-corrected chi connectivity index (χ4v) is 2.21. The molecule has 18 heavy (non-hydrogen) atoms. The highest BCUT2D eigenvalue weighted by atomic mass is 16.5. The van der Waals surface area contributed by atoms with Crippen LogP contribution >= 0.6 is 0 Å². The summed E-state index contributed by atoms with van der Waals surface area (Å²) in [7, 11) is 1.55. The van der Waals surface area contributed by atoms with E-state index in [9.17, 15) is 9.90 Å². The number of ether oxygens (including phenoxy) is 1. The Balaban J connectivity index is 2.89. The zero-order valence-corrected chi connectivity index (χ0v) is 10.9. The number of methoxy groups -OCH3 is 1. The zero-order valence-electron chi connectivity index (χ0n) is 10.9. The number of carboxylic acid groups (broad SMARTS) is 1. The van der Waals surface area contributed by atoms with Crippen molar-refractivity contribution in [3.05, 3.63) is 29.0 Å². The molecule has 1 aromatic heterocycles. The second kappa shape index (κ2) is 4.37. The van der Waals surface area contributed by atoms with Gasteiger partial charge in [-0.25, -0.2) is 4.79 Å². The van der Waals surface area contributed by atoms with Crippen LogP contribution in [0.5, 0.6) is 5.75 Å². The van der Waals surface area contributed by atoms with Crippen molar-refractivity contribution in [1.82, 2.24) is 0 Å². The van der Waals surface area contributed by atoms with E-state index in [0.29, 0.717) is 11.3 Å². The summed E-state index contributed by atoms with van der Waals surface area (Å²) in [6.07, 6.45) is 0. The molecule has 0 saturated heterocycles. The highest BCUT2D eigenvalue weighted by molar-refractivity contribution is 5.97. The van der Waals surface area contributed by atoms with E-state index in [1.165, 1.54) is 0 Å². The van der Waals surface area contributed by atoms with Gasteiger partial charge < -0.3 is 14.3 Å². The number of benzene rings is 1. The van der Waals surface area contributed by atoms with Crippen LogP contribution in [0.1, 0.15) is 41.4 Å². The first-order valence-corrected chi connectivity index (χ1v) is 5.80. The molecule has 4 nitrogen and oxygen atoms in total. The van der Waals surface area contributed by atoms with Crippen molar-refractivity contribution in [3.8, 4) is 5.75 Å². The molecule has 96 valence electrons. The molecule has 0 spiro atoms. The Kier molecular flexibility index (Phi) is 3.03. The van der Waals surface area contributed by atoms with Crippen LogP contribution < -0.4 is 4.74 Å². The molecule has 0 aliphatic rings. The van der Waals surface area contributed by atoms with Crippen molar-refractivity contribution < 1.29 is 19.1 Å². The van der Waals surface area contributed by atoms with E-state index in [4.69, 9.17) is 9.15 Å². The van der Waals surface area contributed by atoms with Gasteiger partial charge in [0.15, 0.2) is 11.3 Å². The minimum atomic E-state index is -1.05. The van der Waals surface area contributed by atoms with Crippen molar-refractivity contribution in [2.75, 3.05) is 7.11 Å². The predicted octanol–water partition coefficient (Wildman–Crippen LogP) is 3.57. The van der Waals surface area contributed by atoms with E-state index >= 15 is 0 Å². The van der Waals surface area contributed by atoms with Gasteiger partial charge in [0, 0.05) is 10.9 Å². The van der Waals surface area contributed by atoms with Gasteiger partial charge in [0.25, 0.3) is 0 Å². The number of hydrogen-bond donors (Lipinski definition) is 1. The number of aryl methyl sites for hydroxylation is 1. The maximum Gasteiger partial charge on any atom is 0.372 e. The second-order valence-electron chi connectivity index (χ2n) is 4.65. The minimum Gasteiger partial charge on any atom is -0.493 e. The molecule has 0 saturated carbocycles. The lowest BCUT2D eigenvalue weighted by molar-refractivity contribution is 0.0662. The Morgan fingerprint density at radius 2 is 2.06 bits per heavy atom. The van der Waals surface area contributed by atoms with Gasteiger partial charge in [-0.1, -0.05) is 13.8 Å². The smallest absolute Gasteiger partial charge is 0.372 e. The van der Waals surface area contributed by atoms with Crippen molar-refractivity contribution >= 4 is 16.9 Å². The Morgan fingerprint density at radius 1 is 1.39 bits per heavy atom. The lowest BCUT2D eigenvalue weighted by Gasteiger charge is -2.05. The molecule has 0 aliphatic heterocycles. The topological polar surface area (TPSA) is 59.7 Å². The number of carboxylic acids is 1. The van der Waals surface area contributed by atoms with Gasteiger partial charge in [0.05, 0.1) is 7.11 Å². The monoisotopic (exact) mass is 248 g/mol. The Labute approximate surface area is 105 Å². The standard InChI is InChI=1S/C14H16O4/c1-7(2)11-9-5-8(3)6-10(17-4)12(9)18-13(11)14(15)16/h5-7H,1-4H3,(H,15,16). The van der Waals surface area contributed by atoms with Crippen LogP contribution in [-0.4, -0.2) is 18.2 Å². The lowest BCUT2D eigenvalue weighted by Crippen LogP contribution is -2.00. The molecular weight excluding hydrogens is 232 g/mol. The molecule has 0 unspecified atom stereocenters. The van der Waals surface area contributed by atoms with Crippen molar-refractivity contribution in [2.45, 2.75) is 26.7 Å². The van der Waals surface area contributed by atoms with Gasteiger partial charge in [0.1, 0.15) is 0 Å². The van der Waals surface area contributed by atoms with Gasteiger partial charge in [0.2, 0.25) is 5.76 Å². The van der Waals surface area contributed by atoms with Gasteiger partial charge in [-0.05, 0) is 30.5 Å². The average molecular weight is 248 g/mol. The summed E-state index contributed by atoms with van der Waals surface area (Å²) in [5.41, 5.74) is 2.24. The highest BCUT2D eigenvalue weighted by Crippen LogP contribution is 2.37. The summed E-state index contributed by atoms with van der Waals surface area (Å²) in [6.45, 7) is 5.84. The fraction of sp³-hybridized carbons (Fsp3) is 0.357. The van der Waals surface area contributed by atoms with E-state index in [-0.39, 0.29) is 11.7 Å². The molecule has 1 heterocycles. The van der Waals surface area contributed by atoms with Gasteiger partial charge in [-0.15, -0.1) is 0 Å². The Bertz CT molecular complexity index is 608. The summed E-state index contributed by atoms with van der Waals surface area (Å²) in [5, 5.41) is 10.0. The number of hydrogen-bond acceptors (Lipinski definition) is 3. The third kappa shape index (κ3) is 1.83. The van der Waals surface area contributed by atoms with E-state index < -0.39 is 5.97 Å². The summed E-state index contributed by atoms with van der Waals surface area (Å²) in [6, 6.07) is 3.77. The van der Waals surface area contributed by atoms with Crippen LogP contribution in [0.15, 0.2) is 16.5 Å². The molecule has 2 aromatic rings. The maximum atomic E-state index is 11.2. The summed E-state index contributed by atoms with van der Waals surface area (Å²) in [5.74, 6) is -0.401. The van der Waals surface area contributed by atoms with E-state index in [0.717, 1.165) is 16.5 Å². The quantitative estimate of drug-likeness (QED) is 0.902. The maximum absolute atomic E-state index is 11.2. The highest BCUT2D eigenvalue weighted by Gasteiger charge is 2.24. The van der Waals surface area contributed by atoms with Crippen LogP contribution in [0, 0.1) is 6.92 Å². The number of fused-ring (bicyclic) bond motifs is 1. The number of rotatable bonds is 3. The van der Waals surface area contributed by atoms with Crippen LogP contribution in [-0.2, 0) is 0 Å². The third-order valence-corrected chi connectivity index (χ3v) is 2.93. The van der Waals surface area contributed by atoms with Crippen molar-refractivity contribution in [2.24, 2.45) is 0 Å². The fourth-order valence-electron chi connectivity index (χ4n) is 2.21. The van der Waals surface area contributed by atoms with Crippen molar-refractivity contribution in [3.63, 3.8) is 0 Å². The summed E-state index contributed by atoms with van der Waals surface area (Å²) < 4.78 is 10.7. The predicted molar refractivity (Wildman–Crippen MR) is 68.6 cm³/mol. The van der Waals surface area contributed by atoms with Crippen LogP contribution in [0.2, 0.25) is 0 Å². The van der Waals surface area contributed by atoms with E-state index in [1.807, 2.05) is 32.9 Å². The first-order chi connectivity index (χ1) is 8.45. The van der Waals surface area contributed by atoms with Crippen LogP contribution in [0.3, 0.4) is 0 Å². The van der Waals surface area contributed by atoms with Crippen LogP contribution in [0.25, 0.3) is 11.0 Å². The molecule has 1 aromatic carbocycles. The Morgan fingerprint density at radius 3 is 2.56 bits per heavy atom. The molecule has 4 heteroatoms. The molecule has 0 radical (unpaired) electrons. The number of aromatic carboxylic acids is 1. The van der Waals surface area contributed by atoms with Gasteiger partial charge in [-0.2, -0.15) is 0 Å². The largest absolute Gasteiger partial charge is 0.493 e. The Hall–Kier alpha value is -1.97. The second-order valence-corrected chi connectivity index (χ2v) is 4.65. The molecule has 0 aliphatic carbocycles. The summed E-state index contributed by atoms with van der Waals surface area (Å²) >= 11 is 0. The van der Waals surface area contributed by atoms with Crippen LogP contribution in [0.4, 0.5) is 0 Å². The molecule has 0 fully saturated rings. The molecule has 2 rings (SSSR count). The lowest BCUT2D eigenvalue weighted by atomic mass is 9.98. The first-order valence-electron chi connectivity index (χ1n) is 5.80. The molecular formula is C14H16O4.